The number of aromatic nitrogens is 1. The van der Waals surface area contributed by atoms with Gasteiger partial charge in [-0.15, -0.1) is 11.3 Å². The number of piperidine rings is 1. The number of anilines is 1. The molecule has 2 heterocycles. The molecule has 36 heavy (non-hydrogen) atoms. The van der Waals surface area contributed by atoms with Crippen molar-refractivity contribution >= 4 is 34.2 Å². The van der Waals surface area contributed by atoms with Crippen molar-refractivity contribution in [3.63, 3.8) is 0 Å². The molecule has 1 aliphatic carbocycles. The predicted molar refractivity (Wildman–Crippen MR) is 135 cm³/mol. The zero-order chi connectivity index (χ0) is 25.3. The van der Waals surface area contributed by atoms with Gasteiger partial charge in [-0.3, -0.25) is 14.4 Å². The zero-order valence-corrected chi connectivity index (χ0v) is 20.6. The number of likely N-dealkylation sites (tertiary alicyclic amines) is 1. The van der Waals surface area contributed by atoms with Crippen LogP contribution in [-0.4, -0.2) is 46.2 Å². The zero-order valence-electron chi connectivity index (χ0n) is 19.8. The van der Waals surface area contributed by atoms with Gasteiger partial charge in [0.1, 0.15) is 17.5 Å². The molecule has 3 amide bonds. The third-order valence-electron chi connectivity index (χ3n) is 6.73. The molecule has 0 unspecified atom stereocenters. The Morgan fingerprint density at radius 1 is 1.08 bits per heavy atom. The topological polar surface area (TPSA) is 127 Å². The van der Waals surface area contributed by atoms with Gasteiger partial charge in [-0.2, -0.15) is 0 Å². The number of nitrogen functional groups attached to an aromatic ring is 1. The molecule has 2 aliphatic rings. The summed E-state index contributed by atoms with van der Waals surface area (Å²) in [5, 5.41) is 6.03. The number of rotatable bonds is 8. The van der Waals surface area contributed by atoms with E-state index in [4.69, 9.17) is 10.5 Å². The van der Waals surface area contributed by atoms with Crippen molar-refractivity contribution in [2.45, 2.75) is 38.4 Å². The highest BCUT2D eigenvalue weighted by Crippen LogP contribution is 2.59. The Morgan fingerprint density at radius 2 is 1.81 bits per heavy atom. The Kier molecular flexibility index (Phi) is 6.36. The number of carbonyl (C=O) groups is 3. The normalized spacial score (nSPS) is 22.0. The quantitative estimate of drug-likeness (QED) is 0.432. The van der Waals surface area contributed by atoms with E-state index in [1.54, 1.807) is 35.4 Å². The van der Waals surface area contributed by atoms with Crippen LogP contribution >= 0.6 is 11.3 Å². The second-order valence-corrected chi connectivity index (χ2v) is 10.5. The number of nitrogens with two attached hydrogens (primary N) is 1. The molecule has 2 fully saturated rings. The number of para-hydroxylation sites is 1. The average Bonchev–Trinajstić information content (AvgIpc) is 3.19. The monoisotopic (exact) mass is 505 g/mol. The van der Waals surface area contributed by atoms with E-state index in [1.807, 2.05) is 30.3 Å². The molecule has 1 aliphatic heterocycles. The Hall–Kier alpha value is -3.92. The number of amides is 3. The summed E-state index contributed by atoms with van der Waals surface area (Å²) in [6.07, 6.45) is 3.11. The molecule has 0 spiro atoms. The van der Waals surface area contributed by atoms with Crippen LogP contribution in [0.15, 0.2) is 60.8 Å². The van der Waals surface area contributed by atoms with Gasteiger partial charge in [-0.05, 0) is 54.7 Å². The maximum atomic E-state index is 13.1. The molecule has 1 saturated heterocycles. The Morgan fingerprint density at radius 3 is 2.50 bits per heavy atom. The van der Waals surface area contributed by atoms with Crippen LogP contribution in [0, 0.1) is 5.41 Å². The second-order valence-electron chi connectivity index (χ2n) is 9.40. The first kappa shape index (κ1) is 23.8. The highest BCUT2D eigenvalue weighted by Gasteiger charge is 2.64. The molecule has 3 aromatic rings. The van der Waals surface area contributed by atoms with E-state index < -0.39 is 6.04 Å². The molecule has 2 aromatic carbocycles. The minimum atomic E-state index is -0.558. The van der Waals surface area contributed by atoms with E-state index >= 15 is 0 Å². The SMILES string of the molecule is C[C@@]12C[C@@H]1N(C(=O)CNC(=O)c1ccc(Oc3ccccc3)cc1)[C@H](C(=O)NCc1cnc(N)s1)C2. The van der Waals surface area contributed by atoms with Crippen molar-refractivity contribution in [2.75, 3.05) is 12.3 Å². The number of carbonyl (C=O) groups excluding carboxylic acids is 3. The van der Waals surface area contributed by atoms with Crippen molar-refractivity contribution in [1.82, 2.24) is 20.5 Å². The van der Waals surface area contributed by atoms with Gasteiger partial charge in [0.15, 0.2) is 5.13 Å². The standard InChI is InChI=1S/C26H27N5O4S/c1-26-11-20(24(34)28-13-19-14-30-25(27)36-19)31(21(26)12-26)22(32)15-29-23(33)16-7-9-18(10-8-16)35-17-5-3-2-4-6-17/h2-10,14,20-21H,11-13,15H2,1H3,(H2,27,30)(H,28,34)(H,29,33)/t20-,21-,26+/m0/s1. The van der Waals surface area contributed by atoms with Crippen LogP contribution in [0.25, 0.3) is 0 Å². The van der Waals surface area contributed by atoms with E-state index in [-0.39, 0.29) is 35.7 Å². The van der Waals surface area contributed by atoms with Crippen molar-refractivity contribution in [3.05, 3.63) is 71.2 Å². The maximum absolute atomic E-state index is 13.1. The molecule has 4 N–H and O–H groups in total. The number of fused-ring (bicyclic) bond motifs is 1. The summed E-state index contributed by atoms with van der Waals surface area (Å²) in [5.74, 6) is 0.475. The lowest BCUT2D eigenvalue weighted by atomic mass is 10.0. The predicted octanol–water partition coefficient (Wildman–Crippen LogP) is 2.94. The molecule has 9 nitrogen and oxygen atoms in total. The second kappa shape index (κ2) is 9.62. The number of benzene rings is 2. The fraction of sp³-hybridized carbons (Fsp3) is 0.308. The van der Waals surface area contributed by atoms with Crippen LogP contribution in [0.5, 0.6) is 11.5 Å². The van der Waals surface area contributed by atoms with E-state index in [1.165, 1.54) is 11.3 Å². The van der Waals surface area contributed by atoms with E-state index in [9.17, 15) is 14.4 Å². The van der Waals surface area contributed by atoms with E-state index in [0.29, 0.717) is 35.2 Å². The minimum absolute atomic E-state index is 0.0196. The van der Waals surface area contributed by atoms with Crippen LogP contribution in [0.3, 0.4) is 0 Å². The van der Waals surface area contributed by atoms with Gasteiger partial charge in [0.2, 0.25) is 11.8 Å². The third kappa shape index (κ3) is 5.03. The molecule has 1 saturated carbocycles. The molecule has 5 rings (SSSR count). The Labute approximate surface area is 212 Å². The van der Waals surface area contributed by atoms with E-state index in [2.05, 4.69) is 22.5 Å². The largest absolute Gasteiger partial charge is 0.457 e. The summed E-state index contributed by atoms with van der Waals surface area (Å²) in [6, 6.07) is 15.5. The molecular formula is C26H27N5O4S. The van der Waals surface area contributed by atoms with Crippen LogP contribution in [0.2, 0.25) is 0 Å². The molecular weight excluding hydrogens is 478 g/mol. The number of hydrogen-bond acceptors (Lipinski definition) is 7. The fourth-order valence-electron chi connectivity index (χ4n) is 4.70. The average molecular weight is 506 g/mol. The molecule has 186 valence electrons. The molecule has 0 bridgehead atoms. The number of nitrogens with zero attached hydrogens (tertiary/aromatic N) is 2. The lowest BCUT2D eigenvalue weighted by Gasteiger charge is -2.27. The van der Waals surface area contributed by atoms with Crippen molar-refractivity contribution < 1.29 is 19.1 Å². The van der Waals surface area contributed by atoms with Crippen molar-refractivity contribution in [1.29, 1.82) is 0 Å². The molecule has 1 aromatic heterocycles. The van der Waals surface area contributed by atoms with Gasteiger partial charge in [0.25, 0.3) is 5.91 Å². The number of thiazole rings is 1. The smallest absolute Gasteiger partial charge is 0.251 e. The summed E-state index contributed by atoms with van der Waals surface area (Å²) in [5.41, 5.74) is 6.02. The van der Waals surface area contributed by atoms with Gasteiger partial charge < -0.3 is 26.0 Å². The van der Waals surface area contributed by atoms with Gasteiger partial charge in [-0.25, -0.2) is 4.98 Å². The van der Waals surface area contributed by atoms with Crippen molar-refractivity contribution in [2.24, 2.45) is 5.41 Å². The first-order valence-electron chi connectivity index (χ1n) is 11.7. The molecule has 0 radical (unpaired) electrons. The highest BCUT2D eigenvalue weighted by atomic mass is 32.1. The van der Waals surface area contributed by atoms with Gasteiger partial charge in [0.05, 0.1) is 13.1 Å². The summed E-state index contributed by atoms with van der Waals surface area (Å²) in [6.45, 7) is 2.23. The Bertz CT molecular complexity index is 1280. The lowest BCUT2D eigenvalue weighted by Crippen LogP contribution is -2.50. The summed E-state index contributed by atoms with van der Waals surface area (Å²) < 4.78 is 5.75. The van der Waals surface area contributed by atoms with Gasteiger partial charge in [0, 0.05) is 22.7 Å². The van der Waals surface area contributed by atoms with E-state index in [0.717, 1.165) is 11.3 Å². The Balaban J connectivity index is 1.16. The van der Waals surface area contributed by atoms with Crippen LogP contribution in [-0.2, 0) is 16.1 Å². The molecule has 3 atom stereocenters. The number of hydrogen-bond donors (Lipinski definition) is 3. The van der Waals surface area contributed by atoms with Gasteiger partial charge in [-0.1, -0.05) is 25.1 Å². The lowest BCUT2D eigenvalue weighted by molar-refractivity contribution is -0.139. The highest BCUT2D eigenvalue weighted by molar-refractivity contribution is 7.15. The first-order chi connectivity index (χ1) is 17.3. The fourth-order valence-corrected chi connectivity index (χ4v) is 5.33. The van der Waals surface area contributed by atoms with Gasteiger partial charge >= 0.3 is 0 Å². The van der Waals surface area contributed by atoms with Crippen molar-refractivity contribution in [3.8, 4) is 11.5 Å². The number of nitrogens with one attached hydrogen (secondary N) is 2. The third-order valence-corrected chi connectivity index (χ3v) is 7.56. The molecule has 10 heteroatoms. The van der Waals surface area contributed by atoms with Crippen LogP contribution < -0.4 is 21.1 Å². The minimum Gasteiger partial charge on any atom is -0.457 e. The summed E-state index contributed by atoms with van der Waals surface area (Å²) >= 11 is 1.31. The maximum Gasteiger partial charge on any atom is 0.251 e. The first-order valence-corrected chi connectivity index (χ1v) is 12.5. The van der Waals surface area contributed by atoms with Crippen LogP contribution in [0.4, 0.5) is 5.13 Å². The number of ether oxygens (including phenoxy) is 1. The van der Waals surface area contributed by atoms with Crippen LogP contribution in [0.1, 0.15) is 35.0 Å². The summed E-state index contributed by atoms with van der Waals surface area (Å²) in [4.78, 5) is 45.1. The summed E-state index contributed by atoms with van der Waals surface area (Å²) in [7, 11) is 0.